The molecule has 0 aliphatic heterocycles. The Hall–Kier alpha value is -2.95. The second kappa shape index (κ2) is 12.9. The molecule has 2 N–H and O–H groups in total. The first-order valence-electron chi connectivity index (χ1n) is 18.3. The summed E-state index contributed by atoms with van der Waals surface area (Å²) in [4.78, 5) is 24.9. The highest BCUT2D eigenvalue weighted by molar-refractivity contribution is 6.83. The van der Waals surface area contributed by atoms with Crippen LogP contribution in [0.3, 0.4) is 0 Å². The van der Waals surface area contributed by atoms with Crippen molar-refractivity contribution in [3.63, 3.8) is 0 Å². The summed E-state index contributed by atoms with van der Waals surface area (Å²) in [6.45, 7) is 21.7. The second-order valence-electron chi connectivity index (χ2n) is 18.7. The molecule has 6 heteroatoms. The molecule has 0 unspecified atom stereocenters. The number of aliphatic hydroxyl groups excluding tert-OH is 2. The van der Waals surface area contributed by atoms with Gasteiger partial charge in [-0.2, -0.15) is 5.26 Å². The van der Waals surface area contributed by atoms with Crippen LogP contribution in [-0.4, -0.2) is 42.1 Å². The van der Waals surface area contributed by atoms with Gasteiger partial charge >= 0.3 is 0 Å². The SMILES string of the molecule is C.C#C[C@]12C=C(C)C(=O)C=C1[C@@]1(C)CC[C@H](O)C(C)(C)[C@@H]1CC2.CC1(C)[C@@H](O)CC[C@]2(C)C3=CC(=O)C(C#N)=C[C@]3(C#C[Si](C)(C)C)CC[C@@H]12. The first-order valence-corrected chi connectivity index (χ1v) is 21.8. The summed E-state index contributed by atoms with van der Waals surface area (Å²) in [5.74, 6) is 7.12. The third kappa shape index (κ3) is 6.17. The predicted octanol–water partition coefficient (Wildman–Crippen LogP) is 8.70. The summed E-state index contributed by atoms with van der Waals surface area (Å²) in [5.41, 5.74) is 5.17. The van der Waals surface area contributed by atoms with E-state index in [0.29, 0.717) is 11.8 Å². The van der Waals surface area contributed by atoms with Crippen molar-refractivity contribution in [3.8, 4) is 29.9 Å². The minimum atomic E-state index is -1.60. The molecule has 0 bridgehead atoms. The number of hydrogen-bond donors (Lipinski definition) is 2. The molecule has 6 aliphatic rings. The van der Waals surface area contributed by atoms with Crippen LogP contribution in [0.1, 0.15) is 107 Å². The van der Waals surface area contributed by atoms with Crippen molar-refractivity contribution < 1.29 is 19.8 Å². The van der Waals surface area contributed by atoms with E-state index in [2.05, 4.69) is 84.6 Å². The van der Waals surface area contributed by atoms with E-state index in [9.17, 15) is 25.1 Å². The first kappa shape index (κ1) is 39.8. The lowest BCUT2D eigenvalue weighted by molar-refractivity contribution is -0.114. The largest absolute Gasteiger partial charge is 0.393 e. The van der Waals surface area contributed by atoms with Crippen molar-refractivity contribution in [2.75, 3.05) is 0 Å². The van der Waals surface area contributed by atoms with Crippen LogP contribution in [0, 0.1) is 79.5 Å². The molecular formula is C44H61NO4Si. The lowest BCUT2D eigenvalue weighted by Gasteiger charge is -2.60. The number of aliphatic hydroxyl groups is 2. The van der Waals surface area contributed by atoms with Crippen molar-refractivity contribution in [2.24, 2.45) is 44.3 Å². The van der Waals surface area contributed by atoms with E-state index in [1.807, 2.05) is 25.2 Å². The van der Waals surface area contributed by atoms with Gasteiger partial charge in [-0.1, -0.05) is 86.5 Å². The van der Waals surface area contributed by atoms with Crippen LogP contribution in [0.15, 0.2) is 46.6 Å². The molecule has 0 radical (unpaired) electrons. The normalized spacial score (nSPS) is 39.4. The van der Waals surface area contributed by atoms with Gasteiger partial charge in [-0.05, 0) is 127 Å². The van der Waals surface area contributed by atoms with Gasteiger partial charge in [0, 0.05) is 0 Å². The Balaban J connectivity index is 0.000000225. The zero-order valence-corrected chi connectivity index (χ0v) is 32.5. The molecule has 8 atom stereocenters. The topological polar surface area (TPSA) is 98.4 Å². The smallest absolute Gasteiger partial charge is 0.196 e. The quantitative estimate of drug-likeness (QED) is 0.195. The Kier molecular flexibility index (Phi) is 10.3. The minimum Gasteiger partial charge on any atom is -0.393 e. The lowest BCUT2D eigenvalue weighted by Crippen LogP contribution is -2.55. The van der Waals surface area contributed by atoms with E-state index in [0.717, 1.165) is 68.1 Å². The molecule has 0 spiro atoms. The number of hydrogen-bond acceptors (Lipinski definition) is 5. The highest BCUT2D eigenvalue weighted by Gasteiger charge is 2.60. The Morgan fingerprint density at radius 2 is 1.22 bits per heavy atom. The molecule has 4 saturated carbocycles. The summed E-state index contributed by atoms with van der Waals surface area (Å²) in [6, 6.07) is 2.09. The van der Waals surface area contributed by atoms with E-state index in [1.54, 1.807) is 6.08 Å². The van der Waals surface area contributed by atoms with Gasteiger partial charge in [0.15, 0.2) is 11.6 Å². The first-order chi connectivity index (χ1) is 22.5. The van der Waals surface area contributed by atoms with Crippen molar-refractivity contribution >= 4 is 19.6 Å². The summed E-state index contributed by atoms with van der Waals surface area (Å²) < 4.78 is 0. The van der Waals surface area contributed by atoms with Crippen molar-refractivity contribution in [3.05, 3.63) is 46.6 Å². The lowest BCUT2D eigenvalue weighted by atomic mass is 9.44. The van der Waals surface area contributed by atoms with Crippen LogP contribution < -0.4 is 0 Å². The van der Waals surface area contributed by atoms with Crippen LogP contribution in [0.5, 0.6) is 0 Å². The van der Waals surface area contributed by atoms with E-state index >= 15 is 0 Å². The van der Waals surface area contributed by atoms with Gasteiger partial charge in [0.25, 0.3) is 0 Å². The average molecular weight is 696 g/mol. The fraction of sp³-hybridized carbons (Fsp3) is 0.659. The van der Waals surface area contributed by atoms with Gasteiger partial charge in [-0.3, -0.25) is 9.59 Å². The summed E-state index contributed by atoms with van der Waals surface area (Å²) in [5, 5.41) is 30.6. The van der Waals surface area contributed by atoms with Crippen LogP contribution in [0.2, 0.25) is 19.6 Å². The van der Waals surface area contributed by atoms with Gasteiger partial charge in [0.05, 0.1) is 28.6 Å². The number of ketones is 2. The molecule has 0 aromatic carbocycles. The highest BCUT2D eigenvalue weighted by Crippen LogP contribution is 2.66. The van der Waals surface area contributed by atoms with E-state index in [4.69, 9.17) is 6.42 Å². The number of carbonyl (C=O) groups excluding carboxylic acids is 2. The van der Waals surface area contributed by atoms with Crippen LogP contribution in [0.4, 0.5) is 0 Å². The summed E-state index contributed by atoms with van der Waals surface area (Å²) in [7, 11) is -1.60. The number of terminal acetylenes is 1. The standard InChI is InChI=1S/C23H31NO2Si.C20H26O2.CH4/c1-21(2)18-7-10-23(11-12-27(4,5)6)14-16(15-24)17(25)13-19(23)22(18,3)9-8-20(21)26;1-6-20-10-7-15-18(3,4)17(22)8-9-19(15,5)16(20)11-14(21)13(2)12-20;/h13-14,18,20,26H,7-10H2,1-6H3;1,11-12,15,17,22H,7-10H2,2-5H3;1H4/t18-,20-,22-,23+;15-,17-,19-,20-;/m00./s1. The zero-order chi connectivity index (χ0) is 36.6. The maximum absolute atomic E-state index is 12.6. The molecule has 0 amide bonds. The predicted molar refractivity (Wildman–Crippen MR) is 205 cm³/mol. The van der Waals surface area contributed by atoms with Crippen molar-refractivity contribution in [2.45, 2.75) is 139 Å². The number of rotatable bonds is 0. The van der Waals surface area contributed by atoms with E-state index in [1.165, 1.54) is 0 Å². The van der Waals surface area contributed by atoms with E-state index in [-0.39, 0.29) is 58.4 Å². The average Bonchev–Trinajstić information content (AvgIpc) is 3.02. The maximum atomic E-state index is 12.6. The number of carbonyl (C=O) groups is 2. The van der Waals surface area contributed by atoms with Gasteiger partial charge in [0.2, 0.25) is 0 Å². The third-order valence-electron chi connectivity index (χ3n) is 13.9. The van der Waals surface area contributed by atoms with Crippen LogP contribution >= 0.6 is 0 Å². The Labute approximate surface area is 303 Å². The van der Waals surface area contributed by atoms with Crippen molar-refractivity contribution in [1.82, 2.24) is 0 Å². The van der Waals surface area contributed by atoms with Crippen LogP contribution in [0.25, 0.3) is 0 Å². The molecule has 0 heterocycles. The zero-order valence-electron chi connectivity index (χ0n) is 31.5. The van der Waals surface area contributed by atoms with Crippen molar-refractivity contribution in [1.29, 1.82) is 5.26 Å². The Morgan fingerprint density at radius 3 is 1.68 bits per heavy atom. The monoisotopic (exact) mass is 695 g/mol. The number of allylic oxidation sites excluding steroid dienone is 8. The third-order valence-corrected chi connectivity index (χ3v) is 14.7. The molecular weight excluding hydrogens is 635 g/mol. The van der Waals surface area contributed by atoms with Gasteiger partial charge in [-0.25, -0.2) is 0 Å². The Bertz CT molecular complexity index is 1730. The number of fused-ring (bicyclic) bond motifs is 6. The summed E-state index contributed by atoms with van der Waals surface area (Å²) in [6.07, 6.45) is 19.6. The minimum absolute atomic E-state index is 0. The Morgan fingerprint density at radius 1 is 0.760 bits per heavy atom. The van der Waals surface area contributed by atoms with Gasteiger partial charge in [-0.15, -0.1) is 12.0 Å². The van der Waals surface area contributed by atoms with E-state index < -0.39 is 18.9 Å². The molecule has 0 aromatic heterocycles. The molecule has 5 nitrogen and oxygen atoms in total. The van der Waals surface area contributed by atoms with Gasteiger partial charge in [0.1, 0.15) is 14.1 Å². The van der Waals surface area contributed by atoms with Gasteiger partial charge < -0.3 is 10.2 Å². The molecule has 50 heavy (non-hydrogen) atoms. The molecule has 270 valence electrons. The molecule has 4 fully saturated rings. The number of nitriles is 1. The van der Waals surface area contributed by atoms with Crippen LogP contribution in [-0.2, 0) is 9.59 Å². The highest BCUT2D eigenvalue weighted by atomic mass is 28.3. The molecule has 6 aliphatic carbocycles. The molecule has 6 rings (SSSR count). The molecule has 0 saturated heterocycles. The maximum Gasteiger partial charge on any atom is 0.196 e. The number of nitrogens with zero attached hydrogens (tertiary/aromatic N) is 1. The fourth-order valence-electron chi connectivity index (χ4n) is 11.0. The molecule has 0 aromatic rings. The fourth-order valence-corrected chi connectivity index (χ4v) is 11.6. The summed E-state index contributed by atoms with van der Waals surface area (Å²) >= 11 is 0. The second-order valence-corrected chi connectivity index (χ2v) is 23.4.